The van der Waals surface area contributed by atoms with E-state index in [1.54, 1.807) is 28.1 Å². The van der Waals surface area contributed by atoms with Gasteiger partial charge in [0.25, 0.3) is 5.91 Å². The molecule has 0 radical (unpaired) electrons. The molecule has 12 heteroatoms. The molecule has 4 rings (SSSR count). The molecule has 3 N–H and O–H groups in total. The SMILES string of the molecule is Cc1ccc(C(=O)Nc2ccc(CNCCN(C)C)c(C(F)(F)F)c2)cc1N1C=C(c2cnn(C)c2C)NN1C. The van der Waals surface area contributed by atoms with Gasteiger partial charge in [-0.15, -0.1) is 5.12 Å². The summed E-state index contributed by atoms with van der Waals surface area (Å²) in [5.41, 5.74) is 7.47. The fourth-order valence-corrected chi connectivity index (χ4v) is 4.39. The van der Waals surface area contributed by atoms with Crippen molar-refractivity contribution < 1.29 is 18.0 Å². The molecule has 0 saturated heterocycles. The molecule has 1 aromatic heterocycles. The average molecular weight is 557 g/mol. The number of nitrogens with zero attached hydrogens (tertiary/aromatic N) is 5. The Hall–Kier alpha value is -3.87. The highest BCUT2D eigenvalue weighted by molar-refractivity contribution is 6.05. The van der Waals surface area contributed by atoms with Gasteiger partial charge in [-0.2, -0.15) is 18.3 Å². The van der Waals surface area contributed by atoms with Crippen LogP contribution in [0.4, 0.5) is 24.5 Å². The van der Waals surface area contributed by atoms with Gasteiger partial charge in [-0.25, -0.2) is 0 Å². The summed E-state index contributed by atoms with van der Waals surface area (Å²) in [5.74, 6) is -0.506. The van der Waals surface area contributed by atoms with E-state index in [4.69, 9.17) is 0 Å². The summed E-state index contributed by atoms with van der Waals surface area (Å²) in [7, 11) is 7.51. The second-order valence-electron chi connectivity index (χ2n) is 10.1. The number of hydrogen-bond donors (Lipinski definition) is 3. The van der Waals surface area contributed by atoms with Crippen LogP contribution < -0.4 is 21.1 Å². The number of alkyl halides is 3. The van der Waals surface area contributed by atoms with Crippen molar-refractivity contribution in [3.8, 4) is 0 Å². The number of aryl methyl sites for hydroxylation is 2. The van der Waals surface area contributed by atoms with E-state index in [0.717, 1.165) is 34.3 Å². The summed E-state index contributed by atoms with van der Waals surface area (Å²) in [5, 5.41) is 13.6. The molecule has 9 nitrogen and oxygen atoms in total. The van der Waals surface area contributed by atoms with Gasteiger partial charge in [0.2, 0.25) is 0 Å². The van der Waals surface area contributed by atoms with E-state index in [9.17, 15) is 18.0 Å². The van der Waals surface area contributed by atoms with Crippen LogP contribution in [0.15, 0.2) is 48.8 Å². The molecule has 1 aliphatic heterocycles. The predicted octanol–water partition coefficient (Wildman–Crippen LogP) is 4.13. The van der Waals surface area contributed by atoms with Crippen LogP contribution in [0.2, 0.25) is 0 Å². The van der Waals surface area contributed by atoms with Crippen molar-refractivity contribution in [2.45, 2.75) is 26.6 Å². The van der Waals surface area contributed by atoms with E-state index in [1.165, 1.54) is 12.1 Å². The third kappa shape index (κ3) is 6.46. The quantitative estimate of drug-likeness (QED) is 0.342. The molecule has 214 valence electrons. The molecule has 3 aromatic rings. The number of anilines is 2. The molecule has 40 heavy (non-hydrogen) atoms. The third-order valence-corrected chi connectivity index (χ3v) is 6.82. The van der Waals surface area contributed by atoms with Gasteiger partial charge in [-0.05, 0) is 63.3 Å². The summed E-state index contributed by atoms with van der Waals surface area (Å²) in [4.78, 5) is 15.1. The van der Waals surface area contributed by atoms with Gasteiger partial charge in [0.15, 0.2) is 0 Å². The molecule has 2 heterocycles. The number of rotatable bonds is 9. The Morgan fingerprint density at radius 2 is 1.85 bits per heavy atom. The standard InChI is InChI=1S/C28H35F3N8O/c1-18-7-8-20(13-26(18)39-17-25(35-38(39)6)23-16-33-37(5)19(23)2)27(40)34-22-10-9-21(15-32-11-12-36(3)4)24(14-22)28(29,30)31/h7-10,13-14,16-17,32,35H,11-12,15H2,1-6H3,(H,34,40). The highest BCUT2D eigenvalue weighted by Crippen LogP contribution is 2.34. The zero-order chi connectivity index (χ0) is 29.2. The number of carbonyl (C=O) groups excluding carboxylic acids is 1. The Bertz CT molecular complexity index is 1410. The topological polar surface area (TPSA) is 80.7 Å². The molecule has 2 aromatic carbocycles. The van der Waals surface area contributed by atoms with Crippen molar-refractivity contribution >= 4 is 23.0 Å². The van der Waals surface area contributed by atoms with Crippen LogP contribution in [-0.4, -0.2) is 59.9 Å². The second kappa shape index (κ2) is 11.7. The van der Waals surface area contributed by atoms with Crippen LogP contribution in [-0.2, 0) is 19.8 Å². The lowest BCUT2D eigenvalue weighted by Gasteiger charge is -2.26. The number of likely N-dealkylation sites (N-methyl/N-ethyl adjacent to an activating group) is 1. The fraction of sp³-hybridized carbons (Fsp3) is 0.357. The number of amides is 1. The number of hydrogen-bond acceptors (Lipinski definition) is 7. The predicted molar refractivity (Wildman–Crippen MR) is 150 cm³/mol. The Kier molecular flexibility index (Phi) is 8.52. The highest BCUT2D eigenvalue weighted by Gasteiger charge is 2.33. The van der Waals surface area contributed by atoms with Gasteiger partial charge >= 0.3 is 6.18 Å². The van der Waals surface area contributed by atoms with Crippen LogP contribution in [0.1, 0.15) is 38.3 Å². The summed E-state index contributed by atoms with van der Waals surface area (Å²) >= 11 is 0. The van der Waals surface area contributed by atoms with Crippen molar-refractivity contribution in [3.05, 3.63) is 82.3 Å². The summed E-state index contributed by atoms with van der Waals surface area (Å²) in [6, 6.07) is 9.06. The van der Waals surface area contributed by atoms with Crippen LogP contribution in [0.5, 0.6) is 0 Å². The molecular formula is C28H35F3N8O. The Morgan fingerprint density at radius 1 is 1.10 bits per heavy atom. The number of carbonyl (C=O) groups is 1. The number of benzene rings is 2. The van der Waals surface area contributed by atoms with E-state index >= 15 is 0 Å². The van der Waals surface area contributed by atoms with E-state index in [-0.39, 0.29) is 17.8 Å². The summed E-state index contributed by atoms with van der Waals surface area (Å²) < 4.78 is 43.3. The average Bonchev–Trinajstić information content (AvgIpc) is 3.43. The molecule has 0 aliphatic carbocycles. The first-order valence-electron chi connectivity index (χ1n) is 12.8. The van der Waals surface area contributed by atoms with Crippen LogP contribution in [0.25, 0.3) is 5.70 Å². The van der Waals surface area contributed by atoms with Gasteiger partial charge in [0.05, 0.1) is 23.1 Å². The van der Waals surface area contributed by atoms with Crippen LogP contribution in [0, 0.1) is 13.8 Å². The van der Waals surface area contributed by atoms with E-state index < -0.39 is 17.6 Å². The largest absolute Gasteiger partial charge is 0.416 e. The first kappa shape index (κ1) is 29.1. The number of aromatic nitrogens is 2. The maximum absolute atomic E-state index is 13.8. The molecular weight excluding hydrogens is 521 g/mol. The minimum absolute atomic E-state index is 0.0731. The molecule has 0 atom stereocenters. The molecule has 0 fully saturated rings. The minimum atomic E-state index is -4.56. The zero-order valence-electron chi connectivity index (χ0n) is 23.5. The lowest BCUT2D eigenvalue weighted by atomic mass is 10.0. The number of hydrazine groups is 2. The third-order valence-electron chi connectivity index (χ3n) is 6.82. The molecule has 0 saturated carbocycles. The highest BCUT2D eigenvalue weighted by atomic mass is 19.4. The second-order valence-corrected chi connectivity index (χ2v) is 10.1. The minimum Gasteiger partial charge on any atom is -0.322 e. The lowest BCUT2D eigenvalue weighted by molar-refractivity contribution is -0.138. The smallest absolute Gasteiger partial charge is 0.322 e. The van der Waals surface area contributed by atoms with Crippen molar-refractivity contribution in [1.82, 2.24) is 30.5 Å². The monoisotopic (exact) mass is 556 g/mol. The van der Waals surface area contributed by atoms with Crippen molar-refractivity contribution in [1.29, 1.82) is 0 Å². The lowest BCUT2D eigenvalue weighted by Crippen LogP contribution is -2.39. The van der Waals surface area contributed by atoms with E-state index in [0.29, 0.717) is 18.7 Å². The number of nitrogens with one attached hydrogen (secondary N) is 3. The maximum Gasteiger partial charge on any atom is 0.416 e. The normalized spacial score (nSPS) is 14.1. The first-order chi connectivity index (χ1) is 18.8. The Balaban J connectivity index is 1.54. The van der Waals surface area contributed by atoms with E-state index in [2.05, 4.69) is 21.2 Å². The zero-order valence-corrected chi connectivity index (χ0v) is 23.5. The molecule has 1 aliphatic rings. The van der Waals surface area contributed by atoms with Crippen molar-refractivity contribution in [2.75, 3.05) is 44.6 Å². The van der Waals surface area contributed by atoms with Crippen LogP contribution in [0.3, 0.4) is 0 Å². The Morgan fingerprint density at radius 3 is 2.50 bits per heavy atom. The first-order valence-corrected chi connectivity index (χ1v) is 12.8. The van der Waals surface area contributed by atoms with Gasteiger partial charge in [0.1, 0.15) is 0 Å². The molecule has 0 unspecified atom stereocenters. The van der Waals surface area contributed by atoms with Crippen molar-refractivity contribution in [2.24, 2.45) is 7.05 Å². The maximum atomic E-state index is 13.8. The van der Waals surface area contributed by atoms with Crippen LogP contribution >= 0.6 is 0 Å². The summed E-state index contributed by atoms with van der Waals surface area (Å²) in [6.07, 6.45) is -0.863. The number of halogens is 3. The van der Waals surface area contributed by atoms with Gasteiger partial charge < -0.3 is 15.5 Å². The fourth-order valence-electron chi connectivity index (χ4n) is 4.39. The van der Waals surface area contributed by atoms with Gasteiger partial charge in [-0.1, -0.05) is 12.1 Å². The molecule has 0 bridgehead atoms. The Labute approximate surface area is 232 Å². The molecule has 0 spiro atoms. The molecule has 1 amide bonds. The van der Waals surface area contributed by atoms with Crippen molar-refractivity contribution in [3.63, 3.8) is 0 Å². The summed E-state index contributed by atoms with van der Waals surface area (Å²) in [6.45, 7) is 5.23. The van der Waals surface area contributed by atoms with Gasteiger partial charge in [-0.3, -0.25) is 19.9 Å². The van der Waals surface area contributed by atoms with E-state index in [1.807, 2.05) is 64.2 Å². The van der Waals surface area contributed by atoms with Gasteiger partial charge in [0, 0.05) is 62.4 Å².